The molecule has 0 saturated heterocycles. The van der Waals surface area contributed by atoms with Gasteiger partial charge < -0.3 is 5.32 Å². The Morgan fingerprint density at radius 2 is 1.80 bits per heavy atom. The number of aromatic nitrogens is 1. The second-order valence-electron chi connectivity index (χ2n) is 4.75. The van der Waals surface area contributed by atoms with Crippen LogP contribution in [0.15, 0.2) is 42.6 Å². The van der Waals surface area contributed by atoms with Gasteiger partial charge in [0.05, 0.1) is 5.75 Å². The highest BCUT2D eigenvalue weighted by atomic mass is 32.2. The third-order valence-corrected chi connectivity index (χ3v) is 3.81. The summed E-state index contributed by atoms with van der Waals surface area (Å²) in [5, 5.41) is 2.79. The first-order valence-corrected chi connectivity index (χ1v) is 7.65. The lowest BCUT2D eigenvalue weighted by Crippen LogP contribution is -2.15. The molecule has 0 aliphatic heterocycles. The molecule has 104 valence electrons. The van der Waals surface area contributed by atoms with Gasteiger partial charge in [0.1, 0.15) is 5.82 Å². The van der Waals surface area contributed by atoms with Crippen LogP contribution < -0.4 is 5.32 Å². The smallest absolute Gasteiger partial charge is 0.235 e. The monoisotopic (exact) mass is 286 g/mol. The highest BCUT2D eigenvalue weighted by molar-refractivity contribution is 7.99. The van der Waals surface area contributed by atoms with Gasteiger partial charge in [0.15, 0.2) is 0 Å². The number of carbonyl (C=O) groups excluding carboxylic acids is 1. The van der Waals surface area contributed by atoms with Crippen LogP contribution >= 0.6 is 11.8 Å². The Kier molecular flexibility index (Phi) is 5.18. The summed E-state index contributed by atoms with van der Waals surface area (Å²) in [5.74, 6) is 1.87. The molecule has 0 atom stereocenters. The first-order valence-electron chi connectivity index (χ1n) is 6.49. The molecule has 1 heterocycles. The Morgan fingerprint density at radius 3 is 2.45 bits per heavy atom. The lowest BCUT2D eigenvalue weighted by Gasteiger charge is -2.05. The number of hydrogen-bond donors (Lipinski definition) is 1. The second-order valence-corrected chi connectivity index (χ2v) is 5.73. The van der Waals surface area contributed by atoms with E-state index in [4.69, 9.17) is 0 Å². The molecule has 1 aromatic carbocycles. The molecule has 0 spiro atoms. The zero-order chi connectivity index (χ0) is 14.4. The van der Waals surface area contributed by atoms with Crippen LogP contribution in [0, 0.1) is 13.8 Å². The van der Waals surface area contributed by atoms with Crippen molar-refractivity contribution < 1.29 is 4.79 Å². The van der Waals surface area contributed by atoms with Gasteiger partial charge in [-0.05, 0) is 31.0 Å². The molecule has 2 aromatic rings. The van der Waals surface area contributed by atoms with Crippen LogP contribution in [0.25, 0.3) is 0 Å². The number of benzene rings is 1. The molecule has 3 nitrogen and oxygen atoms in total. The molecule has 1 aromatic heterocycles. The van der Waals surface area contributed by atoms with E-state index in [0.717, 1.165) is 11.3 Å². The van der Waals surface area contributed by atoms with E-state index in [1.807, 2.05) is 19.1 Å². The van der Waals surface area contributed by atoms with E-state index in [1.54, 1.807) is 18.0 Å². The van der Waals surface area contributed by atoms with Gasteiger partial charge in [0.25, 0.3) is 0 Å². The van der Waals surface area contributed by atoms with E-state index < -0.39 is 0 Å². The first kappa shape index (κ1) is 14.6. The van der Waals surface area contributed by atoms with Gasteiger partial charge in [0, 0.05) is 11.9 Å². The van der Waals surface area contributed by atoms with E-state index in [-0.39, 0.29) is 5.91 Å². The largest absolute Gasteiger partial charge is 0.310 e. The number of thioether (sulfide) groups is 1. The van der Waals surface area contributed by atoms with Crippen LogP contribution in [0.2, 0.25) is 0 Å². The number of pyridine rings is 1. The molecule has 2 rings (SSSR count). The van der Waals surface area contributed by atoms with Gasteiger partial charge in [-0.15, -0.1) is 11.8 Å². The highest BCUT2D eigenvalue weighted by Gasteiger charge is 2.03. The van der Waals surface area contributed by atoms with Crippen LogP contribution in [0.3, 0.4) is 0 Å². The minimum absolute atomic E-state index is 0.0153. The molecule has 1 N–H and O–H groups in total. The maximum absolute atomic E-state index is 11.8. The number of nitrogens with one attached hydrogen (secondary N) is 1. The zero-order valence-corrected chi connectivity index (χ0v) is 12.5. The summed E-state index contributed by atoms with van der Waals surface area (Å²) in [4.78, 5) is 15.9. The summed E-state index contributed by atoms with van der Waals surface area (Å²) in [6.07, 6.45) is 1.75. The summed E-state index contributed by atoms with van der Waals surface area (Å²) in [5.41, 5.74) is 3.57. The van der Waals surface area contributed by atoms with Crippen LogP contribution in [0.4, 0.5) is 5.82 Å². The molecule has 0 aliphatic rings. The van der Waals surface area contributed by atoms with Crippen molar-refractivity contribution in [1.82, 2.24) is 4.98 Å². The molecule has 0 fully saturated rings. The van der Waals surface area contributed by atoms with Crippen molar-refractivity contribution in [3.8, 4) is 0 Å². The molecule has 0 bridgehead atoms. The quantitative estimate of drug-likeness (QED) is 0.913. The Hall–Kier alpha value is -1.81. The topological polar surface area (TPSA) is 42.0 Å². The molecule has 1 amide bonds. The van der Waals surface area contributed by atoms with E-state index in [2.05, 4.69) is 41.5 Å². The van der Waals surface area contributed by atoms with Crippen LogP contribution in [0.1, 0.15) is 16.7 Å². The third kappa shape index (κ3) is 4.70. The minimum Gasteiger partial charge on any atom is -0.310 e. The van der Waals surface area contributed by atoms with Crippen molar-refractivity contribution in [2.75, 3.05) is 11.1 Å². The molecule has 0 saturated carbocycles. The van der Waals surface area contributed by atoms with Crippen LogP contribution in [-0.2, 0) is 10.5 Å². The van der Waals surface area contributed by atoms with Crippen molar-refractivity contribution in [1.29, 1.82) is 0 Å². The Morgan fingerprint density at radius 1 is 1.10 bits per heavy atom. The van der Waals surface area contributed by atoms with Gasteiger partial charge in [-0.1, -0.05) is 35.9 Å². The van der Waals surface area contributed by atoms with Crippen molar-refractivity contribution in [2.45, 2.75) is 19.6 Å². The minimum atomic E-state index is -0.0153. The van der Waals surface area contributed by atoms with E-state index in [0.29, 0.717) is 11.6 Å². The molecule has 0 aliphatic carbocycles. The molecular formula is C16H18N2OS. The summed E-state index contributed by atoms with van der Waals surface area (Å²) in [7, 11) is 0. The fraction of sp³-hybridized carbons (Fsp3) is 0.250. The number of hydrogen-bond acceptors (Lipinski definition) is 3. The summed E-state index contributed by atoms with van der Waals surface area (Å²) >= 11 is 1.60. The Labute approximate surface area is 123 Å². The number of aryl methyl sites for hydroxylation is 2. The fourth-order valence-corrected chi connectivity index (χ4v) is 2.45. The highest BCUT2D eigenvalue weighted by Crippen LogP contribution is 2.13. The predicted molar refractivity (Wildman–Crippen MR) is 84.9 cm³/mol. The second kappa shape index (κ2) is 7.10. The zero-order valence-electron chi connectivity index (χ0n) is 11.7. The van der Waals surface area contributed by atoms with E-state index in [1.165, 1.54) is 11.1 Å². The third-order valence-electron chi connectivity index (χ3n) is 2.80. The normalized spacial score (nSPS) is 10.3. The molecule has 0 radical (unpaired) electrons. The average Bonchev–Trinajstić information content (AvgIpc) is 2.44. The molecular weight excluding hydrogens is 268 g/mol. The molecule has 4 heteroatoms. The lowest BCUT2D eigenvalue weighted by atomic mass is 10.2. The number of rotatable bonds is 5. The van der Waals surface area contributed by atoms with Gasteiger partial charge in [-0.25, -0.2) is 4.98 Å². The van der Waals surface area contributed by atoms with Crippen molar-refractivity contribution in [3.63, 3.8) is 0 Å². The van der Waals surface area contributed by atoms with Crippen LogP contribution in [0.5, 0.6) is 0 Å². The SMILES string of the molecule is Cc1ccc(CSCC(=O)Nc2ccc(C)cn2)cc1. The van der Waals surface area contributed by atoms with Gasteiger partial charge in [-0.3, -0.25) is 4.79 Å². The van der Waals surface area contributed by atoms with Crippen molar-refractivity contribution >= 4 is 23.5 Å². The maximum Gasteiger partial charge on any atom is 0.235 e. The van der Waals surface area contributed by atoms with E-state index >= 15 is 0 Å². The van der Waals surface area contributed by atoms with Crippen molar-refractivity contribution in [2.24, 2.45) is 0 Å². The average molecular weight is 286 g/mol. The number of amides is 1. The van der Waals surface area contributed by atoms with E-state index in [9.17, 15) is 4.79 Å². The Bertz CT molecular complexity index is 564. The summed E-state index contributed by atoms with van der Waals surface area (Å²) in [6, 6.07) is 12.1. The molecule has 20 heavy (non-hydrogen) atoms. The van der Waals surface area contributed by atoms with Crippen LogP contribution in [-0.4, -0.2) is 16.6 Å². The Balaban J connectivity index is 1.75. The van der Waals surface area contributed by atoms with Crippen molar-refractivity contribution in [3.05, 3.63) is 59.3 Å². The number of anilines is 1. The van der Waals surface area contributed by atoms with Gasteiger partial charge in [-0.2, -0.15) is 0 Å². The molecule has 0 unspecified atom stereocenters. The van der Waals surface area contributed by atoms with Gasteiger partial charge >= 0.3 is 0 Å². The fourth-order valence-electron chi connectivity index (χ4n) is 1.67. The number of carbonyl (C=O) groups is 1. The maximum atomic E-state index is 11.8. The lowest BCUT2D eigenvalue weighted by molar-refractivity contribution is -0.113. The number of nitrogens with zero attached hydrogens (tertiary/aromatic N) is 1. The summed E-state index contributed by atoms with van der Waals surface area (Å²) < 4.78 is 0. The van der Waals surface area contributed by atoms with Gasteiger partial charge in [0.2, 0.25) is 5.91 Å². The predicted octanol–water partition coefficient (Wildman–Crippen LogP) is 3.57. The standard InChI is InChI=1S/C16H18N2OS/c1-12-3-6-14(7-4-12)10-20-11-16(19)18-15-8-5-13(2)9-17-15/h3-9H,10-11H2,1-2H3,(H,17,18,19). The summed E-state index contributed by atoms with van der Waals surface area (Å²) in [6.45, 7) is 4.04. The first-order chi connectivity index (χ1) is 9.63.